The lowest BCUT2D eigenvalue weighted by atomic mass is 10.1. The maximum Gasteiger partial charge on any atom is 0.224 e. The van der Waals surface area contributed by atoms with Crippen LogP contribution in [0, 0.1) is 0 Å². The molecule has 4 heteroatoms. The Kier molecular flexibility index (Phi) is 5.16. The summed E-state index contributed by atoms with van der Waals surface area (Å²) in [5.41, 5.74) is 1.64. The van der Waals surface area contributed by atoms with Gasteiger partial charge < -0.3 is 10.4 Å². The smallest absolute Gasteiger partial charge is 0.224 e. The third-order valence-electron chi connectivity index (χ3n) is 2.93. The summed E-state index contributed by atoms with van der Waals surface area (Å²) >= 11 is 5.86. The molecule has 0 saturated carbocycles. The van der Waals surface area contributed by atoms with Gasteiger partial charge in [-0.15, -0.1) is 0 Å². The zero-order valence-electron chi connectivity index (χ0n) is 10.9. The van der Waals surface area contributed by atoms with E-state index in [1.165, 1.54) is 0 Å². The number of rotatable bonds is 5. The van der Waals surface area contributed by atoms with Gasteiger partial charge in [-0.05, 0) is 23.3 Å². The predicted molar refractivity (Wildman–Crippen MR) is 79.6 cm³/mol. The maximum absolute atomic E-state index is 11.8. The Hall–Kier alpha value is -1.84. The zero-order valence-corrected chi connectivity index (χ0v) is 11.7. The van der Waals surface area contributed by atoms with Gasteiger partial charge in [0.05, 0.1) is 12.5 Å². The quantitative estimate of drug-likeness (QED) is 0.889. The molecule has 0 aromatic heterocycles. The fourth-order valence-electron chi connectivity index (χ4n) is 1.89. The highest BCUT2D eigenvalue weighted by atomic mass is 35.5. The molecule has 0 unspecified atom stereocenters. The molecule has 0 radical (unpaired) electrons. The van der Waals surface area contributed by atoms with E-state index in [0.29, 0.717) is 17.0 Å². The molecule has 0 bridgehead atoms. The highest BCUT2D eigenvalue weighted by Crippen LogP contribution is 2.17. The monoisotopic (exact) mass is 289 g/mol. The van der Waals surface area contributed by atoms with Crippen LogP contribution in [-0.2, 0) is 11.2 Å². The lowest BCUT2D eigenvalue weighted by molar-refractivity contribution is -0.120. The summed E-state index contributed by atoms with van der Waals surface area (Å²) in [7, 11) is 0. The number of aliphatic hydroxyl groups excluding tert-OH is 1. The van der Waals surface area contributed by atoms with Gasteiger partial charge in [0, 0.05) is 11.6 Å². The molecule has 1 atom stereocenters. The first-order valence-corrected chi connectivity index (χ1v) is 6.77. The van der Waals surface area contributed by atoms with Crippen molar-refractivity contribution < 1.29 is 9.90 Å². The first-order chi connectivity index (χ1) is 9.65. The van der Waals surface area contributed by atoms with Crippen molar-refractivity contribution in [3.63, 3.8) is 0 Å². The summed E-state index contributed by atoms with van der Waals surface area (Å²) in [6, 6.07) is 16.5. The number of benzene rings is 2. The second-order valence-electron chi connectivity index (χ2n) is 4.54. The Morgan fingerprint density at radius 1 is 1.15 bits per heavy atom. The van der Waals surface area contributed by atoms with Gasteiger partial charge in [0.15, 0.2) is 0 Å². The van der Waals surface area contributed by atoms with Crippen LogP contribution in [0.3, 0.4) is 0 Å². The van der Waals surface area contributed by atoms with E-state index in [1.807, 2.05) is 30.3 Å². The number of halogens is 1. The van der Waals surface area contributed by atoms with Crippen molar-refractivity contribution in [2.24, 2.45) is 0 Å². The van der Waals surface area contributed by atoms with Crippen molar-refractivity contribution in [1.29, 1.82) is 0 Å². The van der Waals surface area contributed by atoms with Crippen molar-refractivity contribution >= 4 is 17.5 Å². The lowest BCUT2D eigenvalue weighted by Crippen LogP contribution is -2.29. The fourth-order valence-corrected chi connectivity index (χ4v) is 2.08. The van der Waals surface area contributed by atoms with Crippen molar-refractivity contribution in [3.8, 4) is 0 Å². The van der Waals surface area contributed by atoms with Gasteiger partial charge in [0.25, 0.3) is 0 Å². The molecule has 2 aromatic carbocycles. The molecule has 104 valence electrons. The summed E-state index contributed by atoms with van der Waals surface area (Å²) in [5.74, 6) is -0.114. The summed E-state index contributed by atoms with van der Waals surface area (Å²) in [4.78, 5) is 11.8. The number of amides is 1. The van der Waals surface area contributed by atoms with E-state index in [0.717, 1.165) is 5.56 Å². The van der Waals surface area contributed by atoms with Gasteiger partial charge in [0.1, 0.15) is 0 Å². The summed E-state index contributed by atoms with van der Waals surface area (Å²) in [6.45, 7) is 0.173. The molecule has 2 aromatic rings. The molecule has 3 nitrogen and oxygen atoms in total. The molecule has 0 aliphatic rings. The highest BCUT2D eigenvalue weighted by molar-refractivity contribution is 6.30. The van der Waals surface area contributed by atoms with E-state index < -0.39 is 6.10 Å². The number of hydrogen-bond acceptors (Lipinski definition) is 2. The van der Waals surface area contributed by atoms with E-state index in [2.05, 4.69) is 5.32 Å². The number of hydrogen-bond donors (Lipinski definition) is 2. The van der Waals surface area contributed by atoms with Crippen LogP contribution in [-0.4, -0.2) is 17.6 Å². The second kappa shape index (κ2) is 7.08. The second-order valence-corrected chi connectivity index (χ2v) is 4.97. The van der Waals surface area contributed by atoms with Crippen LogP contribution < -0.4 is 5.32 Å². The van der Waals surface area contributed by atoms with Gasteiger partial charge in [-0.3, -0.25) is 4.79 Å². The fraction of sp³-hybridized carbons (Fsp3) is 0.188. The van der Waals surface area contributed by atoms with Gasteiger partial charge in [-0.1, -0.05) is 54.1 Å². The third-order valence-corrected chi connectivity index (χ3v) is 3.17. The Labute approximate surface area is 123 Å². The first kappa shape index (κ1) is 14.6. The molecule has 0 spiro atoms. The number of carbonyl (C=O) groups is 1. The summed E-state index contributed by atoms with van der Waals surface area (Å²) in [5, 5.41) is 13.3. The van der Waals surface area contributed by atoms with Crippen molar-refractivity contribution in [3.05, 3.63) is 70.7 Å². The molecule has 0 fully saturated rings. The maximum atomic E-state index is 11.8. The molecule has 0 aliphatic carbocycles. The molecule has 2 rings (SSSR count). The molecule has 20 heavy (non-hydrogen) atoms. The summed E-state index contributed by atoms with van der Waals surface area (Å²) in [6.07, 6.45) is -0.447. The van der Waals surface area contributed by atoms with E-state index in [1.54, 1.807) is 24.3 Å². The van der Waals surface area contributed by atoms with Crippen LogP contribution in [0.4, 0.5) is 0 Å². The van der Waals surface area contributed by atoms with Crippen LogP contribution in [0.25, 0.3) is 0 Å². The van der Waals surface area contributed by atoms with Crippen LogP contribution in [0.2, 0.25) is 5.02 Å². The van der Waals surface area contributed by atoms with E-state index >= 15 is 0 Å². The van der Waals surface area contributed by atoms with Crippen LogP contribution >= 0.6 is 11.6 Å². The van der Waals surface area contributed by atoms with Gasteiger partial charge in [0.2, 0.25) is 5.91 Å². The molecular weight excluding hydrogens is 274 g/mol. The third kappa shape index (κ3) is 4.37. The molecule has 0 aliphatic heterocycles. The van der Waals surface area contributed by atoms with E-state index in [9.17, 15) is 9.90 Å². The van der Waals surface area contributed by atoms with Gasteiger partial charge >= 0.3 is 0 Å². The average molecular weight is 290 g/mol. The first-order valence-electron chi connectivity index (χ1n) is 6.39. The van der Waals surface area contributed by atoms with Crippen molar-refractivity contribution in [2.75, 3.05) is 6.54 Å². The minimum Gasteiger partial charge on any atom is -0.387 e. The Morgan fingerprint density at radius 3 is 2.60 bits per heavy atom. The van der Waals surface area contributed by atoms with E-state index in [-0.39, 0.29) is 12.5 Å². The number of aliphatic hydroxyl groups is 1. The Balaban J connectivity index is 1.84. The number of carbonyl (C=O) groups excluding carboxylic acids is 1. The van der Waals surface area contributed by atoms with Gasteiger partial charge in [-0.25, -0.2) is 0 Å². The van der Waals surface area contributed by atoms with Crippen LogP contribution in [0.1, 0.15) is 17.2 Å². The largest absolute Gasteiger partial charge is 0.387 e. The number of nitrogens with one attached hydrogen (secondary N) is 1. The Morgan fingerprint density at radius 2 is 1.90 bits per heavy atom. The standard InChI is InChI=1S/C16H16ClNO2/c17-14-8-4-7-13(10-14)15(19)11-18-16(20)9-12-5-2-1-3-6-12/h1-8,10,15,19H,9,11H2,(H,18,20)/t15-/m0/s1. The molecule has 2 N–H and O–H groups in total. The molecule has 0 heterocycles. The normalized spacial score (nSPS) is 11.9. The van der Waals surface area contributed by atoms with Crippen molar-refractivity contribution in [1.82, 2.24) is 5.32 Å². The Bertz CT molecular complexity index is 572. The molecular formula is C16H16ClNO2. The predicted octanol–water partition coefficient (Wildman–Crippen LogP) is 2.73. The van der Waals surface area contributed by atoms with Crippen LogP contribution in [0.5, 0.6) is 0 Å². The highest BCUT2D eigenvalue weighted by Gasteiger charge is 2.10. The molecule has 0 saturated heterocycles. The van der Waals surface area contributed by atoms with Crippen molar-refractivity contribution in [2.45, 2.75) is 12.5 Å². The van der Waals surface area contributed by atoms with Crippen LogP contribution in [0.15, 0.2) is 54.6 Å². The van der Waals surface area contributed by atoms with Gasteiger partial charge in [-0.2, -0.15) is 0 Å². The lowest BCUT2D eigenvalue weighted by Gasteiger charge is -2.12. The SMILES string of the molecule is O=C(Cc1ccccc1)NC[C@H](O)c1cccc(Cl)c1. The zero-order chi connectivity index (χ0) is 14.4. The minimum absolute atomic E-state index is 0.114. The summed E-state index contributed by atoms with van der Waals surface area (Å²) < 4.78 is 0. The average Bonchev–Trinajstić information content (AvgIpc) is 2.46. The topological polar surface area (TPSA) is 49.3 Å². The molecule has 1 amide bonds. The minimum atomic E-state index is -0.756. The van der Waals surface area contributed by atoms with E-state index in [4.69, 9.17) is 11.6 Å².